The topological polar surface area (TPSA) is 62.1 Å². The van der Waals surface area contributed by atoms with Crippen LogP contribution in [-0.4, -0.2) is 34.8 Å². The number of hydrogen-bond acceptors (Lipinski definition) is 4. The lowest BCUT2D eigenvalue weighted by Gasteiger charge is -2.30. The maximum atomic E-state index is 11.3. The second-order valence-electron chi connectivity index (χ2n) is 8.92. The molecule has 1 aliphatic carbocycles. The van der Waals surface area contributed by atoms with Gasteiger partial charge in [-0.3, -0.25) is 9.69 Å². The van der Waals surface area contributed by atoms with Crippen LogP contribution in [0.2, 0.25) is 0 Å². The molecular formula is C28H32N2O3. The number of allylic oxidation sites excluding steroid dienone is 4. The van der Waals surface area contributed by atoms with Crippen molar-refractivity contribution >= 4 is 17.3 Å². The van der Waals surface area contributed by atoms with Crippen LogP contribution in [0.25, 0.3) is 5.57 Å². The normalized spacial score (nSPS) is 19.2. The highest BCUT2D eigenvalue weighted by Gasteiger charge is 2.25. The Labute approximate surface area is 196 Å². The van der Waals surface area contributed by atoms with E-state index >= 15 is 0 Å². The van der Waals surface area contributed by atoms with Gasteiger partial charge in [0.1, 0.15) is 6.61 Å². The number of benzene rings is 2. The largest absolute Gasteiger partial charge is 0.481 e. The molecule has 1 saturated heterocycles. The average molecular weight is 445 g/mol. The number of carboxylic acid groups (broad SMARTS) is 1. The quantitative estimate of drug-likeness (QED) is 0.422. The van der Waals surface area contributed by atoms with Gasteiger partial charge in [-0.15, -0.1) is 0 Å². The zero-order valence-electron chi connectivity index (χ0n) is 19.2. The van der Waals surface area contributed by atoms with E-state index in [0.717, 1.165) is 55.6 Å². The van der Waals surface area contributed by atoms with Crippen LogP contribution < -0.4 is 0 Å². The van der Waals surface area contributed by atoms with Crippen LogP contribution in [0.3, 0.4) is 0 Å². The molecule has 2 aliphatic rings. The Morgan fingerprint density at radius 2 is 1.88 bits per heavy atom. The van der Waals surface area contributed by atoms with Gasteiger partial charge in [-0.25, -0.2) is 0 Å². The number of rotatable bonds is 8. The fourth-order valence-corrected chi connectivity index (χ4v) is 4.42. The summed E-state index contributed by atoms with van der Waals surface area (Å²) in [5, 5.41) is 13.6. The van der Waals surface area contributed by atoms with Gasteiger partial charge in [0.15, 0.2) is 0 Å². The van der Waals surface area contributed by atoms with Gasteiger partial charge in [0.05, 0.1) is 11.6 Å². The molecule has 1 aliphatic heterocycles. The van der Waals surface area contributed by atoms with Gasteiger partial charge in [0.2, 0.25) is 0 Å². The van der Waals surface area contributed by atoms with E-state index in [4.69, 9.17) is 4.84 Å². The van der Waals surface area contributed by atoms with Crippen LogP contribution in [0.1, 0.15) is 54.9 Å². The summed E-state index contributed by atoms with van der Waals surface area (Å²) in [5.41, 5.74) is 6.78. The van der Waals surface area contributed by atoms with Crippen molar-refractivity contribution in [1.82, 2.24) is 4.90 Å². The second-order valence-corrected chi connectivity index (χ2v) is 8.92. The minimum atomic E-state index is -0.683. The number of likely N-dealkylation sites (tertiary alicyclic amines) is 1. The lowest BCUT2D eigenvalue weighted by Crippen LogP contribution is -2.38. The number of hydrogen-bond donors (Lipinski definition) is 1. The predicted molar refractivity (Wildman–Crippen MR) is 132 cm³/mol. The van der Waals surface area contributed by atoms with Crippen molar-refractivity contribution in [2.45, 2.75) is 45.8 Å². The molecule has 2 aromatic rings. The van der Waals surface area contributed by atoms with Crippen molar-refractivity contribution in [3.63, 3.8) is 0 Å². The maximum Gasteiger partial charge on any atom is 0.307 e. The smallest absolute Gasteiger partial charge is 0.307 e. The monoisotopic (exact) mass is 444 g/mol. The maximum absolute atomic E-state index is 11.3. The molecule has 1 atom stereocenters. The Hall–Kier alpha value is -3.18. The van der Waals surface area contributed by atoms with Gasteiger partial charge in [0.25, 0.3) is 0 Å². The third kappa shape index (κ3) is 6.42. The summed E-state index contributed by atoms with van der Waals surface area (Å²) in [6.07, 6.45) is 10.4. The van der Waals surface area contributed by atoms with E-state index in [1.807, 2.05) is 6.92 Å². The van der Waals surface area contributed by atoms with Gasteiger partial charge in [-0.1, -0.05) is 71.9 Å². The number of nitrogens with zero attached hydrogens (tertiary/aromatic N) is 2. The molecule has 1 heterocycles. The standard InChI is InChI=1S/C28H32N2O3/c1-21(29-33-20-23-11-15-26(16-12-23)25-6-3-2-4-7-25)24-13-9-22(10-14-24)18-30-17-5-8-27(19-30)28(31)32/h2-3,6,9-16,27H,4-5,7-8,17-20H2,1H3,(H,31,32)/b29-21+. The van der Waals surface area contributed by atoms with Gasteiger partial charge >= 0.3 is 5.97 Å². The van der Waals surface area contributed by atoms with E-state index in [1.54, 1.807) is 0 Å². The second kappa shape index (κ2) is 11.1. The van der Waals surface area contributed by atoms with Crippen LogP contribution in [0, 0.1) is 5.92 Å². The molecule has 0 aromatic heterocycles. The van der Waals surface area contributed by atoms with Crippen LogP contribution in [0.4, 0.5) is 0 Å². The molecule has 0 radical (unpaired) electrons. The third-order valence-corrected chi connectivity index (χ3v) is 6.40. The van der Waals surface area contributed by atoms with Crippen molar-refractivity contribution < 1.29 is 14.7 Å². The Morgan fingerprint density at radius 3 is 2.58 bits per heavy atom. The highest BCUT2D eigenvalue weighted by molar-refractivity contribution is 5.98. The lowest BCUT2D eigenvalue weighted by molar-refractivity contribution is -0.143. The minimum absolute atomic E-state index is 0.248. The molecule has 0 bridgehead atoms. The molecule has 172 valence electrons. The molecule has 1 fully saturated rings. The summed E-state index contributed by atoms with van der Waals surface area (Å²) >= 11 is 0. The number of carbonyl (C=O) groups is 1. The number of carboxylic acids is 1. The summed E-state index contributed by atoms with van der Waals surface area (Å²) in [4.78, 5) is 19.1. The van der Waals surface area contributed by atoms with Gasteiger partial charge in [-0.2, -0.15) is 0 Å². The fourth-order valence-electron chi connectivity index (χ4n) is 4.42. The first-order valence-electron chi connectivity index (χ1n) is 11.7. The number of aliphatic carboxylic acids is 1. The van der Waals surface area contributed by atoms with Gasteiger partial charge in [-0.05, 0) is 67.0 Å². The van der Waals surface area contributed by atoms with Crippen LogP contribution in [-0.2, 0) is 22.8 Å². The Bertz CT molecular complexity index is 1040. The van der Waals surface area contributed by atoms with Gasteiger partial charge in [0, 0.05) is 13.1 Å². The van der Waals surface area contributed by atoms with Crippen molar-refractivity contribution in [3.8, 4) is 0 Å². The minimum Gasteiger partial charge on any atom is -0.481 e. The van der Waals surface area contributed by atoms with E-state index < -0.39 is 5.97 Å². The zero-order chi connectivity index (χ0) is 23.0. The molecule has 33 heavy (non-hydrogen) atoms. The Kier molecular flexibility index (Phi) is 7.74. The van der Waals surface area contributed by atoms with Crippen molar-refractivity contribution in [3.05, 3.63) is 89.0 Å². The Balaban J connectivity index is 1.28. The molecule has 5 nitrogen and oxygen atoms in total. The number of oxime groups is 1. The summed E-state index contributed by atoms with van der Waals surface area (Å²) in [7, 11) is 0. The first-order valence-corrected chi connectivity index (χ1v) is 11.7. The molecular weight excluding hydrogens is 412 g/mol. The van der Waals surface area contributed by atoms with E-state index in [9.17, 15) is 9.90 Å². The third-order valence-electron chi connectivity index (χ3n) is 6.40. The molecule has 1 N–H and O–H groups in total. The Morgan fingerprint density at radius 1 is 1.12 bits per heavy atom. The van der Waals surface area contributed by atoms with E-state index in [1.165, 1.54) is 16.7 Å². The lowest BCUT2D eigenvalue weighted by atomic mass is 9.97. The SMILES string of the molecule is C/C(=N\OCc1ccc(C2=CC=CCC2)cc1)c1ccc(CN2CCCC(C(=O)O)C2)cc1. The summed E-state index contributed by atoms with van der Waals surface area (Å²) in [5.74, 6) is -0.931. The molecule has 0 amide bonds. The van der Waals surface area contributed by atoms with Crippen molar-refractivity contribution in [2.24, 2.45) is 11.1 Å². The van der Waals surface area contributed by atoms with Crippen molar-refractivity contribution in [1.29, 1.82) is 0 Å². The van der Waals surface area contributed by atoms with E-state index in [-0.39, 0.29) is 5.92 Å². The fraction of sp³-hybridized carbons (Fsp3) is 0.357. The highest BCUT2D eigenvalue weighted by Crippen LogP contribution is 2.24. The highest BCUT2D eigenvalue weighted by atomic mass is 16.6. The summed E-state index contributed by atoms with van der Waals surface area (Å²) in [6.45, 7) is 4.74. The first-order chi connectivity index (χ1) is 16.1. The van der Waals surface area contributed by atoms with E-state index in [0.29, 0.717) is 13.2 Å². The van der Waals surface area contributed by atoms with Crippen LogP contribution >= 0.6 is 0 Å². The van der Waals surface area contributed by atoms with Crippen LogP contribution in [0.5, 0.6) is 0 Å². The molecule has 0 saturated carbocycles. The van der Waals surface area contributed by atoms with E-state index in [2.05, 4.69) is 76.8 Å². The molecule has 1 unspecified atom stereocenters. The van der Waals surface area contributed by atoms with Crippen LogP contribution in [0.15, 0.2) is 71.9 Å². The number of piperidine rings is 1. The summed E-state index contributed by atoms with van der Waals surface area (Å²) < 4.78 is 0. The average Bonchev–Trinajstić information content (AvgIpc) is 2.85. The molecule has 0 spiro atoms. The molecule has 5 heteroatoms. The molecule has 2 aromatic carbocycles. The first kappa shape index (κ1) is 23.0. The van der Waals surface area contributed by atoms with Gasteiger partial charge < -0.3 is 9.94 Å². The molecule has 4 rings (SSSR count). The summed E-state index contributed by atoms with van der Waals surface area (Å²) in [6, 6.07) is 16.8. The van der Waals surface area contributed by atoms with Crippen molar-refractivity contribution in [2.75, 3.05) is 13.1 Å². The predicted octanol–water partition coefficient (Wildman–Crippen LogP) is 5.66. The zero-order valence-corrected chi connectivity index (χ0v) is 19.2.